The molecule has 1 aliphatic carbocycles. The van der Waals surface area contributed by atoms with Crippen molar-refractivity contribution in [1.82, 2.24) is 0 Å². The number of aryl methyl sites for hydroxylation is 2. The van der Waals surface area contributed by atoms with Crippen LogP contribution in [0.2, 0.25) is 0 Å². The predicted octanol–water partition coefficient (Wildman–Crippen LogP) is 11.1. The van der Waals surface area contributed by atoms with Crippen LogP contribution < -0.4 is 9.80 Å². The second kappa shape index (κ2) is 19.7. The molecule has 0 saturated carbocycles. The third kappa shape index (κ3) is 8.65. The average Bonchev–Trinajstić information content (AvgIpc) is 3.77. The summed E-state index contributed by atoms with van der Waals surface area (Å²) >= 11 is 0. The van der Waals surface area contributed by atoms with Crippen molar-refractivity contribution in [3.8, 4) is 34.4 Å². The van der Waals surface area contributed by atoms with Crippen LogP contribution in [0.3, 0.4) is 0 Å². The second-order valence-corrected chi connectivity index (χ2v) is 19.9. The molecule has 0 radical (unpaired) electrons. The summed E-state index contributed by atoms with van der Waals surface area (Å²) in [6.45, 7) is 12.0. The van der Waals surface area contributed by atoms with E-state index in [0.717, 1.165) is 60.8 Å². The number of hydrogen-bond acceptors (Lipinski definition) is 6. The monoisotopic (exact) mass is 923 g/mol. The number of carbonyl (C=O) groups excluding carboxylic acids is 1. The van der Waals surface area contributed by atoms with Gasteiger partial charge in [0.1, 0.15) is 24.8 Å². The SMILES string of the molecule is C\C(=C/C(C#N)=C/C(C#N)=C1\N(CCOC=O)c2ccc(-c3ccccc3)cc2C1(Cc1ccc(C)cc1)Cc1ccccc1C)C1[NH+](CCC(=O)O)C2c3ccccc3-c3ccccc3C2C1(C)C. The first-order valence-electron chi connectivity index (χ1n) is 24.2. The Morgan fingerprint density at radius 1 is 0.786 bits per heavy atom. The van der Waals surface area contributed by atoms with Crippen LogP contribution in [0, 0.1) is 41.9 Å². The van der Waals surface area contributed by atoms with E-state index in [2.05, 4.69) is 173 Å². The predicted molar refractivity (Wildman–Crippen MR) is 276 cm³/mol. The molecule has 8 nitrogen and oxygen atoms in total. The smallest absolute Gasteiger partial charge is 0.309 e. The van der Waals surface area contributed by atoms with Crippen LogP contribution in [0.15, 0.2) is 180 Å². The summed E-state index contributed by atoms with van der Waals surface area (Å²) in [7, 11) is 0. The van der Waals surface area contributed by atoms with Crippen molar-refractivity contribution >= 4 is 18.1 Å². The third-order valence-electron chi connectivity index (χ3n) is 15.3. The number of nitrogens with one attached hydrogen (secondary N) is 1. The van der Waals surface area contributed by atoms with Crippen LogP contribution in [0.25, 0.3) is 22.3 Å². The Morgan fingerprint density at radius 3 is 2.14 bits per heavy atom. The summed E-state index contributed by atoms with van der Waals surface area (Å²) in [6.07, 6.45) is 4.74. The molecule has 0 spiro atoms. The maximum Gasteiger partial charge on any atom is 0.309 e. The van der Waals surface area contributed by atoms with Gasteiger partial charge in [-0.15, -0.1) is 0 Å². The number of carbonyl (C=O) groups is 2. The zero-order valence-corrected chi connectivity index (χ0v) is 40.6. The maximum absolute atomic E-state index is 12.4. The van der Waals surface area contributed by atoms with E-state index in [4.69, 9.17) is 4.74 Å². The minimum absolute atomic E-state index is 0.00595. The number of rotatable bonds is 15. The van der Waals surface area contributed by atoms with E-state index in [1.54, 1.807) is 6.08 Å². The van der Waals surface area contributed by atoms with Crippen molar-refractivity contribution in [3.63, 3.8) is 0 Å². The number of carboxylic acid groups (broad SMARTS) is 1. The van der Waals surface area contributed by atoms with Crippen molar-refractivity contribution < 1.29 is 24.3 Å². The number of nitriles is 2. The number of benzene rings is 6. The number of aliphatic carboxylic acids is 1. The number of fused-ring (bicyclic) bond motifs is 7. The van der Waals surface area contributed by atoms with E-state index in [1.165, 1.54) is 22.3 Å². The number of likely N-dealkylation sites (tertiary alicyclic amines) is 1. The molecule has 8 heteroatoms. The van der Waals surface area contributed by atoms with Gasteiger partial charge in [-0.25, -0.2) is 0 Å². The van der Waals surface area contributed by atoms with Crippen molar-refractivity contribution in [2.45, 2.75) is 77.3 Å². The fourth-order valence-electron chi connectivity index (χ4n) is 12.5. The lowest BCUT2D eigenvalue weighted by atomic mass is 9.64. The zero-order chi connectivity index (χ0) is 49.2. The normalized spacial score (nSPS) is 21.6. The molecular weight excluding hydrogens is 865 g/mol. The van der Waals surface area contributed by atoms with E-state index in [0.29, 0.717) is 37.0 Å². The lowest BCUT2D eigenvalue weighted by Gasteiger charge is -2.36. The molecule has 0 aromatic heterocycles. The van der Waals surface area contributed by atoms with Gasteiger partial charge in [0.15, 0.2) is 0 Å². The highest BCUT2D eigenvalue weighted by molar-refractivity contribution is 5.80. The summed E-state index contributed by atoms with van der Waals surface area (Å²) in [4.78, 5) is 27.4. The van der Waals surface area contributed by atoms with E-state index in [-0.39, 0.29) is 43.0 Å². The molecule has 0 amide bonds. The molecule has 70 heavy (non-hydrogen) atoms. The fraction of sp³-hybridized carbons (Fsp3) is 0.258. The Balaban J connectivity index is 1.26. The molecule has 3 aliphatic rings. The summed E-state index contributed by atoms with van der Waals surface area (Å²) in [5.41, 5.74) is 14.5. The van der Waals surface area contributed by atoms with Crippen molar-refractivity contribution in [2.75, 3.05) is 24.6 Å². The number of carboxylic acids is 1. The Bertz CT molecular complexity index is 3150. The molecule has 1 fully saturated rings. The molecule has 6 aromatic rings. The summed E-state index contributed by atoms with van der Waals surface area (Å²) in [6, 6.07) is 55.8. The highest BCUT2D eigenvalue weighted by Crippen LogP contribution is 2.58. The molecule has 5 unspecified atom stereocenters. The van der Waals surface area contributed by atoms with Crippen molar-refractivity contribution in [3.05, 3.63) is 219 Å². The lowest BCUT2D eigenvalue weighted by molar-refractivity contribution is -0.940. The van der Waals surface area contributed by atoms with E-state index in [9.17, 15) is 25.2 Å². The minimum atomic E-state index is -0.849. The Hall–Kier alpha value is -7.78. The Morgan fingerprint density at radius 2 is 1.46 bits per heavy atom. The van der Waals surface area contributed by atoms with Crippen LogP contribution in [0.5, 0.6) is 0 Å². The van der Waals surface area contributed by atoms with Gasteiger partial charge < -0.3 is 19.6 Å². The summed E-state index contributed by atoms with van der Waals surface area (Å²) in [5.74, 6) is -0.788. The number of anilines is 1. The summed E-state index contributed by atoms with van der Waals surface area (Å²) in [5, 5.41) is 33.0. The molecule has 0 bridgehead atoms. The van der Waals surface area contributed by atoms with Gasteiger partial charge in [0.25, 0.3) is 6.47 Å². The van der Waals surface area contributed by atoms with Gasteiger partial charge in [-0.1, -0.05) is 153 Å². The van der Waals surface area contributed by atoms with Gasteiger partial charge in [-0.3, -0.25) is 9.59 Å². The molecular formula is C62H59N4O4+. The summed E-state index contributed by atoms with van der Waals surface area (Å²) < 4.78 is 5.42. The average molecular weight is 924 g/mol. The molecule has 350 valence electrons. The Kier molecular flexibility index (Phi) is 13.3. The number of allylic oxidation sites excluding steroid dienone is 5. The van der Waals surface area contributed by atoms with E-state index >= 15 is 0 Å². The van der Waals surface area contributed by atoms with Crippen molar-refractivity contribution in [1.29, 1.82) is 10.5 Å². The van der Waals surface area contributed by atoms with E-state index in [1.807, 2.05) is 30.3 Å². The highest BCUT2D eigenvalue weighted by Gasteiger charge is 2.61. The molecule has 2 N–H and O–H groups in total. The van der Waals surface area contributed by atoms with Gasteiger partial charge in [0.2, 0.25) is 0 Å². The van der Waals surface area contributed by atoms with E-state index < -0.39 is 11.4 Å². The van der Waals surface area contributed by atoms with Gasteiger partial charge in [-0.2, -0.15) is 10.5 Å². The number of hydrogen-bond donors (Lipinski definition) is 2. The molecule has 9 rings (SSSR count). The topological polar surface area (TPSA) is 119 Å². The van der Waals surface area contributed by atoms with Crippen LogP contribution in [-0.4, -0.2) is 43.3 Å². The van der Waals surface area contributed by atoms with Crippen LogP contribution in [-0.2, 0) is 32.6 Å². The second-order valence-electron chi connectivity index (χ2n) is 19.9. The molecule has 6 aromatic carbocycles. The largest absolute Gasteiger partial charge is 0.481 e. The first-order chi connectivity index (χ1) is 33.9. The van der Waals surface area contributed by atoms with Crippen molar-refractivity contribution in [2.24, 2.45) is 5.41 Å². The number of quaternary nitrogens is 1. The minimum Gasteiger partial charge on any atom is -0.481 e. The first-order valence-corrected chi connectivity index (χ1v) is 24.2. The number of nitrogens with zero attached hydrogens (tertiary/aromatic N) is 3. The zero-order valence-electron chi connectivity index (χ0n) is 40.6. The molecule has 5 atom stereocenters. The molecule has 1 saturated heterocycles. The standard InChI is InChI=1S/C62H58N4O4/c1-41-23-25-44(26-24-41)36-62(37-48-18-10-9-15-42(48)2)54-35-47(46-16-7-6-8-17-46)27-28-55(54)65(31-32-70-40-67)60(62)49(39-64)34-45(38-63)33-43(3)59-61(4,5)57-52-21-13-11-19-50(52)51-20-12-14-22-53(51)58(57)66(59)30-29-56(68)69/h6-28,33-35,40,57-59H,29-32,36-37H2,1-5H3,(H,68,69)/p+1/b43-33+,45-34-,60-49+. The van der Waals surface area contributed by atoms with Crippen LogP contribution in [0.4, 0.5) is 5.69 Å². The quantitative estimate of drug-likeness (QED) is 0.0456. The van der Waals surface area contributed by atoms with Gasteiger partial charge in [0.05, 0.1) is 42.6 Å². The van der Waals surface area contributed by atoms with Crippen LogP contribution in [0.1, 0.15) is 78.1 Å². The maximum atomic E-state index is 12.4. The Labute approximate surface area is 412 Å². The number of ether oxygens (including phenoxy) is 1. The first kappa shape index (κ1) is 47.3. The van der Waals surface area contributed by atoms with Gasteiger partial charge in [-0.05, 0) is 114 Å². The van der Waals surface area contributed by atoms with Gasteiger partial charge >= 0.3 is 5.97 Å². The third-order valence-corrected chi connectivity index (χ3v) is 15.3. The highest BCUT2D eigenvalue weighted by atomic mass is 16.5. The molecule has 2 heterocycles. The van der Waals surface area contributed by atoms with Gasteiger partial charge in [0, 0.05) is 27.8 Å². The van der Waals surface area contributed by atoms with Crippen LogP contribution >= 0.6 is 0 Å². The fourth-order valence-corrected chi connectivity index (χ4v) is 12.5. The molecule has 2 aliphatic heterocycles. The lowest BCUT2D eigenvalue weighted by Crippen LogP contribution is -3.15.